The second-order valence-corrected chi connectivity index (χ2v) is 10.3. The molecule has 27 heavy (non-hydrogen) atoms. The first-order valence-corrected chi connectivity index (χ1v) is 12.0. The highest BCUT2D eigenvalue weighted by Gasteiger charge is 2.43. The second-order valence-electron chi connectivity index (χ2n) is 9.18. The lowest BCUT2D eigenvalue weighted by atomic mass is 9.88. The van der Waals surface area contributed by atoms with Crippen molar-refractivity contribution in [1.29, 1.82) is 0 Å². The summed E-state index contributed by atoms with van der Waals surface area (Å²) < 4.78 is 0. The minimum atomic E-state index is -0.613. The van der Waals surface area contributed by atoms with E-state index >= 15 is 0 Å². The molecule has 4 heteroatoms. The molecule has 0 aliphatic heterocycles. The fraction of sp³-hybridized carbons (Fsp3) is 0.826. The van der Waals surface area contributed by atoms with Crippen LogP contribution in [0.4, 0.5) is 0 Å². The Morgan fingerprint density at radius 1 is 1.33 bits per heavy atom. The third kappa shape index (κ3) is 7.56. The zero-order valence-corrected chi connectivity index (χ0v) is 18.7. The molecule has 2 aliphatic carbocycles. The van der Waals surface area contributed by atoms with Gasteiger partial charge in [0.05, 0.1) is 11.7 Å². The van der Waals surface area contributed by atoms with Crippen molar-refractivity contribution in [3.63, 3.8) is 0 Å². The Labute approximate surface area is 171 Å². The van der Waals surface area contributed by atoms with Gasteiger partial charge in [0.25, 0.3) is 0 Å². The Morgan fingerprint density at radius 2 is 2.11 bits per heavy atom. The van der Waals surface area contributed by atoms with E-state index in [0.29, 0.717) is 18.3 Å². The molecule has 156 valence electrons. The highest BCUT2D eigenvalue weighted by Crippen LogP contribution is 2.47. The Morgan fingerprint density at radius 3 is 2.81 bits per heavy atom. The summed E-state index contributed by atoms with van der Waals surface area (Å²) in [7, 11) is 4.26. The maximum Gasteiger partial charge on any atom is 0.0654 e. The zero-order chi connectivity index (χ0) is 19.9. The van der Waals surface area contributed by atoms with Gasteiger partial charge in [-0.15, -0.1) is 0 Å². The quantitative estimate of drug-likeness (QED) is 0.377. The molecular weight excluding hydrogens is 354 g/mol. The second kappa shape index (κ2) is 11.0. The number of allylic oxidation sites excluding steroid dienone is 1. The van der Waals surface area contributed by atoms with E-state index in [0.717, 1.165) is 37.9 Å². The summed E-state index contributed by atoms with van der Waals surface area (Å²) in [5.41, 5.74) is 0.970. The molecule has 2 N–H and O–H groups in total. The standard InChI is InChI=1S/C23H41NO2S/c1-5-6-10-23(2,26)11-7-9-20-21-15-18(14-19(21)16-22(20)25)17-27-13-8-12-24(3)4/h7,9,14,19-22,25-26H,5-6,8,10-13,15-17H2,1-4H3/b9-7+/t19-,20+,21-,22+,23-/m0/s1. The summed E-state index contributed by atoms with van der Waals surface area (Å²) >= 11 is 2.05. The molecule has 0 saturated heterocycles. The van der Waals surface area contributed by atoms with Crippen LogP contribution >= 0.6 is 11.8 Å². The van der Waals surface area contributed by atoms with E-state index in [1.807, 2.05) is 6.92 Å². The number of rotatable bonds is 12. The van der Waals surface area contributed by atoms with Gasteiger partial charge in [0, 0.05) is 11.7 Å². The molecular formula is C23H41NO2S. The lowest BCUT2D eigenvalue weighted by Gasteiger charge is -2.22. The molecule has 0 unspecified atom stereocenters. The fourth-order valence-corrected chi connectivity index (χ4v) is 5.49. The van der Waals surface area contributed by atoms with Crippen molar-refractivity contribution in [2.24, 2.45) is 17.8 Å². The van der Waals surface area contributed by atoms with Crippen LogP contribution in [0, 0.1) is 17.8 Å². The van der Waals surface area contributed by atoms with E-state index in [4.69, 9.17) is 0 Å². The van der Waals surface area contributed by atoms with Gasteiger partial charge >= 0.3 is 0 Å². The van der Waals surface area contributed by atoms with Gasteiger partial charge in [0.1, 0.15) is 0 Å². The molecule has 1 fully saturated rings. The summed E-state index contributed by atoms with van der Waals surface area (Å²) in [5.74, 6) is 3.74. The number of aliphatic hydroxyl groups is 2. The van der Waals surface area contributed by atoms with E-state index in [-0.39, 0.29) is 12.0 Å². The fourth-order valence-electron chi connectivity index (χ4n) is 4.54. The van der Waals surface area contributed by atoms with E-state index in [1.54, 1.807) is 5.57 Å². The van der Waals surface area contributed by atoms with Crippen molar-refractivity contribution in [3.05, 3.63) is 23.8 Å². The van der Waals surface area contributed by atoms with Gasteiger partial charge in [0.2, 0.25) is 0 Å². The number of aliphatic hydroxyl groups excluding tert-OH is 1. The summed E-state index contributed by atoms with van der Waals surface area (Å²) in [5, 5.41) is 21.0. The first-order chi connectivity index (χ1) is 12.8. The maximum absolute atomic E-state index is 10.5. The van der Waals surface area contributed by atoms with Gasteiger partial charge in [0.15, 0.2) is 0 Å². The van der Waals surface area contributed by atoms with E-state index in [9.17, 15) is 10.2 Å². The maximum atomic E-state index is 10.5. The summed E-state index contributed by atoms with van der Waals surface area (Å²) in [6.07, 6.45) is 13.6. The molecule has 0 bridgehead atoms. The van der Waals surface area contributed by atoms with Crippen molar-refractivity contribution in [2.45, 2.75) is 70.5 Å². The van der Waals surface area contributed by atoms with Gasteiger partial charge in [-0.3, -0.25) is 0 Å². The van der Waals surface area contributed by atoms with E-state index < -0.39 is 5.60 Å². The van der Waals surface area contributed by atoms with Crippen molar-refractivity contribution in [2.75, 3.05) is 32.1 Å². The Kier molecular flexibility index (Phi) is 9.40. The minimum absolute atomic E-state index is 0.220. The largest absolute Gasteiger partial charge is 0.392 e. The number of nitrogens with zero attached hydrogens (tertiary/aromatic N) is 1. The van der Waals surface area contributed by atoms with Gasteiger partial charge in [-0.25, -0.2) is 0 Å². The summed E-state index contributed by atoms with van der Waals surface area (Å²) in [4.78, 5) is 2.25. The Balaban J connectivity index is 1.77. The Hall–Kier alpha value is -0.290. The van der Waals surface area contributed by atoms with Crippen molar-refractivity contribution >= 4 is 11.8 Å². The zero-order valence-electron chi connectivity index (χ0n) is 17.9. The van der Waals surface area contributed by atoms with E-state index in [2.05, 4.69) is 55.9 Å². The predicted octanol–water partition coefficient (Wildman–Crippen LogP) is 4.50. The third-order valence-corrected chi connectivity index (χ3v) is 7.27. The number of unbranched alkanes of at least 4 members (excludes halogenated alkanes) is 1. The molecule has 2 aliphatic rings. The number of hydrogen-bond acceptors (Lipinski definition) is 4. The van der Waals surface area contributed by atoms with Crippen LogP contribution in [0.25, 0.3) is 0 Å². The first kappa shape index (κ1) is 23.0. The molecule has 0 spiro atoms. The normalized spacial score (nSPS) is 30.1. The van der Waals surface area contributed by atoms with Crippen LogP contribution in [0.3, 0.4) is 0 Å². The highest BCUT2D eigenvalue weighted by atomic mass is 32.2. The predicted molar refractivity (Wildman–Crippen MR) is 118 cm³/mol. The number of hydrogen-bond donors (Lipinski definition) is 2. The summed E-state index contributed by atoms with van der Waals surface area (Å²) in [6, 6.07) is 0. The van der Waals surface area contributed by atoms with Crippen LogP contribution in [-0.2, 0) is 0 Å². The molecule has 2 rings (SSSR count). The van der Waals surface area contributed by atoms with Gasteiger partial charge in [-0.1, -0.05) is 43.6 Å². The highest BCUT2D eigenvalue weighted by molar-refractivity contribution is 7.99. The van der Waals surface area contributed by atoms with E-state index in [1.165, 1.54) is 18.7 Å². The van der Waals surface area contributed by atoms with Crippen LogP contribution in [0.5, 0.6) is 0 Å². The SMILES string of the molecule is CCCC[C@](C)(O)C/C=C/[C@@H]1[C@H]2CC(CSCCCN(C)C)=C[C@H]2C[C@H]1O. The van der Waals surface area contributed by atoms with Crippen LogP contribution in [0.2, 0.25) is 0 Å². The molecule has 0 heterocycles. The smallest absolute Gasteiger partial charge is 0.0654 e. The van der Waals surface area contributed by atoms with Crippen LogP contribution in [-0.4, -0.2) is 59.0 Å². The summed E-state index contributed by atoms with van der Waals surface area (Å²) in [6.45, 7) is 5.26. The monoisotopic (exact) mass is 395 g/mol. The first-order valence-electron chi connectivity index (χ1n) is 10.8. The lowest BCUT2D eigenvalue weighted by Crippen LogP contribution is -2.23. The molecule has 5 atom stereocenters. The third-order valence-electron chi connectivity index (χ3n) is 6.12. The minimum Gasteiger partial charge on any atom is -0.392 e. The van der Waals surface area contributed by atoms with Crippen LogP contribution < -0.4 is 0 Å². The van der Waals surface area contributed by atoms with Gasteiger partial charge in [-0.05, 0) is 77.3 Å². The molecule has 0 aromatic carbocycles. The number of fused-ring (bicyclic) bond motifs is 1. The number of thioether (sulfide) groups is 1. The molecule has 1 saturated carbocycles. The molecule has 3 nitrogen and oxygen atoms in total. The lowest BCUT2D eigenvalue weighted by molar-refractivity contribution is 0.0513. The van der Waals surface area contributed by atoms with Crippen molar-refractivity contribution in [3.8, 4) is 0 Å². The van der Waals surface area contributed by atoms with Crippen molar-refractivity contribution in [1.82, 2.24) is 4.90 Å². The van der Waals surface area contributed by atoms with Gasteiger partial charge in [-0.2, -0.15) is 11.8 Å². The average molecular weight is 396 g/mol. The van der Waals surface area contributed by atoms with Crippen LogP contribution in [0.15, 0.2) is 23.8 Å². The van der Waals surface area contributed by atoms with Gasteiger partial charge < -0.3 is 15.1 Å². The average Bonchev–Trinajstić information content (AvgIpc) is 3.10. The molecule has 0 aromatic rings. The molecule has 0 aromatic heterocycles. The topological polar surface area (TPSA) is 43.7 Å². The van der Waals surface area contributed by atoms with Crippen molar-refractivity contribution < 1.29 is 10.2 Å². The Bertz CT molecular complexity index is 501. The molecule has 0 amide bonds. The molecule has 0 radical (unpaired) electrons. The van der Waals surface area contributed by atoms with Crippen LogP contribution in [0.1, 0.15) is 58.8 Å².